The van der Waals surface area contributed by atoms with Crippen molar-refractivity contribution >= 4 is 5.57 Å². The van der Waals surface area contributed by atoms with Crippen LogP contribution in [0.4, 0.5) is 0 Å². The highest BCUT2D eigenvalue weighted by Crippen LogP contribution is 2.16. The molecule has 0 unspecified atom stereocenters. The second-order valence-corrected chi connectivity index (χ2v) is 2.20. The summed E-state index contributed by atoms with van der Waals surface area (Å²) in [5, 5.41) is 0. The van der Waals surface area contributed by atoms with E-state index in [1.54, 1.807) is 0 Å². The molecular formula is C7H8N2. The Balaban J connectivity index is 2.61. The number of aromatic nitrogens is 1. The molecule has 0 saturated carbocycles. The van der Waals surface area contributed by atoms with Crippen LogP contribution in [0.5, 0.6) is 0 Å². The van der Waals surface area contributed by atoms with Gasteiger partial charge in [0.1, 0.15) is 0 Å². The Morgan fingerprint density at radius 2 is 2.56 bits per heavy atom. The van der Waals surface area contributed by atoms with E-state index in [0.717, 1.165) is 6.54 Å². The molecule has 0 saturated heterocycles. The molecule has 0 aliphatic carbocycles. The Bertz CT molecular complexity index is 247. The smallest absolute Gasteiger partial charge is 0.0664 e. The summed E-state index contributed by atoms with van der Waals surface area (Å²) in [4.78, 5) is 0. The Kier molecular flexibility index (Phi) is 0.730. The maximum absolute atomic E-state index is 3.88. The lowest BCUT2D eigenvalue weighted by atomic mass is 10.2. The number of rotatable bonds is 0. The van der Waals surface area contributed by atoms with Gasteiger partial charge in [0.25, 0.3) is 0 Å². The van der Waals surface area contributed by atoms with Crippen molar-refractivity contribution in [1.29, 1.82) is 0 Å². The third-order valence-electron chi connectivity index (χ3n) is 1.57. The normalized spacial score (nSPS) is 15.3. The predicted octanol–water partition coefficient (Wildman–Crippen LogP) is 1.06. The Morgan fingerprint density at radius 3 is 3.33 bits per heavy atom. The van der Waals surface area contributed by atoms with Crippen LogP contribution in [0, 0.1) is 0 Å². The first-order chi connectivity index (χ1) is 4.38. The predicted molar refractivity (Wildman–Crippen MR) is 37.7 cm³/mol. The second kappa shape index (κ2) is 1.41. The topological polar surface area (TPSA) is 17.0 Å². The molecule has 1 aromatic rings. The molecule has 2 rings (SSSR count). The van der Waals surface area contributed by atoms with E-state index in [2.05, 4.69) is 18.1 Å². The van der Waals surface area contributed by atoms with Gasteiger partial charge in [0.15, 0.2) is 0 Å². The van der Waals surface area contributed by atoms with Crippen LogP contribution in [0.25, 0.3) is 5.57 Å². The van der Waals surface area contributed by atoms with E-state index >= 15 is 0 Å². The van der Waals surface area contributed by atoms with E-state index in [-0.39, 0.29) is 0 Å². The van der Waals surface area contributed by atoms with Crippen molar-refractivity contribution in [3.63, 3.8) is 0 Å². The molecule has 1 aliphatic heterocycles. The molecule has 46 valence electrons. The van der Waals surface area contributed by atoms with Crippen LogP contribution < -0.4 is 5.43 Å². The number of nitrogens with zero attached hydrogens (tertiary/aromatic N) is 1. The average Bonchev–Trinajstić information content (AvgIpc) is 2.35. The van der Waals surface area contributed by atoms with E-state index < -0.39 is 0 Å². The fraction of sp³-hybridized carbons (Fsp3) is 0.143. The average molecular weight is 120 g/mol. The molecule has 9 heavy (non-hydrogen) atoms. The van der Waals surface area contributed by atoms with Gasteiger partial charge in [-0.15, -0.1) is 0 Å². The molecule has 1 aromatic heterocycles. The van der Waals surface area contributed by atoms with E-state index in [9.17, 15) is 0 Å². The molecule has 0 spiro atoms. The Hall–Kier alpha value is -1.18. The first-order valence-corrected chi connectivity index (χ1v) is 2.97. The van der Waals surface area contributed by atoms with Crippen LogP contribution in [-0.4, -0.2) is 11.2 Å². The summed E-state index contributed by atoms with van der Waals surface area (Å²) >= 11 is 0. The van der Waals surface area contributed by atoms with Crippen molar-refractivity contribution in [3.8, 4) is 0 Å². The van der Waals surface area contributed by atoms with Crippen LogP contribution in [0.2, 0.25) is 0 Å². The van der Waals surface area contributed by atoms with Crippen molar-refractivity contribution in [1.82, 2.24) is 4.68 Å². The highest BCUT2D eigenvalue weighted by Gasteiger charge is 2.10. The lowest BCUT2D eigenvalue weighted by Crippen LogP contribution is -2.04. The summed E-state index contributed by atoms with van der Waals surface area (Å²) in [6, 6.07) is 4.06. The maximum atomic E-state index is 3.88. The minimum Gasteiger partial charge on any atom is -0.321 e. The van der Waals surface area contributed by atoms with Crippen LogP contribution >= 0.6 is 0 Å². The van der Waals surface area contributed by atoms with E-state index in [0.29, 0.717) is 0 Å². The highest BCUT2D eigenvalue weighted by atomic mass is 15.4. The number of hydrogen-bond acceptors (Lipinski definition) is 1. The van der Waals surface area contributed by atoms with E-state index in [4.69, 9.17) is 0 Å². The van der Waals surface area contributed by atoms with Crippen LogP contribution in [0.15, 0.2) is 24.9 Å². The monoisotopic (exact) mass is 120 g/mol. The van der Waals surface area contributed by atoms with E-state index in [1.165, 1.54) is 11.3 Å². The zero-order chi connectivity index (χ0) is 6.27. The molecular weight excluding hydrogens is 112 g/mol. The van der Waals surface area contributed by atoms with Gasteiger partial charge in [-0.25, -0.2) is 0 Å². The SMILES string of the molecule is C=C1CNn2cccc21. The highest BCUT2D eigenvalue weighted by molar-refractivity contribution is 5.66. The van der Waals surface area contributed by atoms with E-state index in [1.807, 2.05) is 16.9 Å². The molecule has 0 radical (unpaired) electrons. The lowest BCUT2D eigenvalue weighted by Gasteiger charge is -1.93. The fourth-order valence-corrected chi connectivity index (χ4v) is 1.08. The summed E-state index contributed by atoms with van der Waals surface area (Å²) in [7, 11) is 0. The minimum atomic E-state index is 0.885. The standard InChI is InChI=1S/C7H8N2/c1-6-5-8-9-4-2-3-7(6)9/h2-4,8H,1,5H2. The van der Waals surface area contributed by atoms with Gasteiger partial charge in [-0.05, 0) is 17.7 Å². The van der Waals surface area contributed by atoms with Crippen molar-refractivity contribution in [3.05, 3.63) is 30.6 Å². The first kappa shape index (κ1) is 4.68. The molecule has 1 N–H and O–H groups in total. The molecule has 0 atom stereocenters. The van der Waals surface area contributed by atoms with Gasteiger partial charge in [-0.3, -0.25) is 4.68 Å². The fourth-order valence-electron chi connectivity index (χ4n) is 1.08. The molecule has 0 amide bonds. The van der Waals surface area contributed by atoms with Crippen molar-refractivity contribution in [2.75, 3.05) is 12.0 Å². The molecule has 0 aromatic carbocycles. The molecule has 1 aliphatic rings. The molecule has 2 heterocycles. The molecule has 2 heteroatoms. The number of hydrogen-bond donors (Lipinski definition) is 1. The number of fused-ring (bicyclic) bond motifs is 1. The van der Waals surface area contributed by atoms with Crippen molar-refractivity contribution < 1.29 is 0 Å². The summed E-state index contributed by atoms with van der Waals surface area (Å²) in [5.41, 5.74) is 5.52. The lowest BCUT2D eigenvalue weighted by molar-refractivity contribution is 0.948. The van der Waals surface area contributed by atoms with Crippen LogP contribution in [0.3, 0.4) is 0 Å². The number of nitrogens with one attached hydrogen (secondary N) is 1. The van der Waals surface area contributed by atoms with Gasteiger partial charge in [0.05, 0.1) is 12.2 Å². The van der Waals surface area contributed by atoms with Crippen LogP contribution in [-0.2, 0) is 0 Å². The third kappa shape index (κ3) is 0.499. The first-order valence-electron chi connectivity index (χ1n) is 2.97. The van der Waals surface area contributed by atoms with Crippen LogP contribution in [0.1, 0.15) is 5.69 Å². The van der Waals surface area contributed by atoms with Gasteiger partial charge in [-0.1, -0.05) is 6.58 Å². The summed E-state index contributed by atoms with van der Waals surface area (Å²) in [6.45, 7) is 4.77. The maximum Gasteiger partial charge on any atom is 0.0664 e. The summed E-state index contributed by atoms with van der Waals surface area (Å²) in [5.74, 6) is 0. The zero-order valence-corrected chi connectivity index (χ0v) is 5.09. The van der Waals surface area contributed by atoms with Gasteiger partial charge in [0, 0.05) is 6.20 Å². The third-order valence-corrected chi connectivity index (χ3v) is 1.57. The van der Waals surface area contributed by atoms with Gasteiger partial charge in [0.2, 0.25) is 0 Å². The molecule has 0 bridgehead atoms. The van der Waals surface area contributed by atoms with Crippen molar-refractivity contribution in [2.24, 2.45) is 0 Å². The molecule has 0 fully saturated rings. The summed E-state index contributed by atoms with van der Waals surface area (Å²) < 4.78 is 1.99. The van der Waals surface area contributed by atoms with Gasteiger partial charge < -0.3 is 5.43 Å². The Morgan fingerprint density at radius 1 is 1.67 bits per heavy atom. The second-order valence-electron chi connectivity index (χ2n) is 2.20. The Labute approximate surface area is 53.8 Å². The summed E-state index contributed by atoms with van der Waals surface area (Å²) in [6.07, 6.45) is 1.99. The largest absolute Gasteiger partial charge is 0.321 e. The zero-order valence-electron chi connectivity index (χ0n) is 5.09. The molecule has 2 nitrogen and oxygen atoms in total. The van der Waals surface area contributed by atoms with Gasteiger partial charge >= 0.3 is 0 Å². The van der Waals surface area contributed by atoms with Crippen molar-refractivity contribution in [2.45, 2.75) is 0 Å². The van der Waals surface area contributed by atoms with Gasteiger partial charge in [-0.2, -0.15) is 0 Å². The minimum absolute atomic E-state index is 0.885. The quantitative estimate of drug-likeness (QED) is 0.541.